The van der Waals surface area contributed by atoms with Gasteiger partial charge in [-0.2, -0.15) is 10.5 Å². The normalized spacial score (nSPS) is 11.3. The summed E-state index contributed by atoms with van der Waals surface area (Å²) in [6.45, 7) is 1.21. The van der Waals surface area contributed by atoms with Crippen LogP contribution in [0.5, 0.6) is 0 Å². The molecule has 0 saturated heterocycles. The predicted octanol–water partition coefficient (Wildman–Crippen LogP) is 4.59. The van der Waals surface area contributed by atoms with E-state index in [1.807, 2.05) is 6.07 Å². The third-order valence-corrected chi connectivity index (χ3v) is 4.56. The summed E-state index contributed by atoms with van der Waals surface area (Å²) >= 11 is 3.33. The molecule has 29 heavy (non-hydrogen) atoms. The Hall–Kier alpha value is -3.88. The molecule has 7 nitrogen and oxygen atoms in total. The van der Waals surface area contributed by atoms with Gasteiger partial charge in [0.1, 0.15) is 17.4 Å². The first kappa shape index (κ1) is 19.9. The van der Waals surface area contributed by atoms with Crippen LogP contribution in [0.1, 0.15) is 28.6 Å². The highest BCUT2D eigenvalue weighted by Gasteiger charge is 2.25. The zero-order chi connectivity index (χ0) is 21.1. The number of fused-ring (bicyclic) bond motifs is 1. The van der Waals surface area contributed by atoms with E-state index in [-0.39, 0.29) is 17.0 Å². The molecule has 0 aliphatic heterocycles. The third-order valence-electron chi connectivity index (χ3n) is 4.07. The molecule has 1 heterocycles. The van der Waals surface area contributed by atoms with Crippen LogP contribution in [0.4, 0.5) is 5.69 Å². The minimum atomic E-state index is -0.871. The summed E-state index contributed by atoms with van der Waals surface area (Å²) in [5.74, 6) is -1.97. The van der Waals surface area contributed by atoms with Gasteiger partial charge in [-0.05, 0) is 49.4 Å². The van der Waals surface area contributed by atoms with Gasteiger partial charge >= 0.3 is 0 Å². The number of nitrogens with one attached hydrogen (secondary N) is 1. The fourth-order valence-electron chi connectivity index (χ4n) is 2.65. The van der Waals surface area contributed by atoms with Crippen molar-refractivity contribution in [2.45, 2.75) is 6.92 Å². The summed E-state index contributed by atoms with van der Waals surface area (Å²) in [5.41, 5.74) is 0.599. The lowest BCUT2D eigenvalue weighted by molar-refractivity contribution is -0.112. The fraction of sp³-hybridized carbons (Fsp3) is 0.0476. The van der Waals surface area contributed by atoms with Gasteiger partial charge < -0.3 is 14.8 Å². The van der Waals surface area contributed by atoms with Crippen LogP contribution in [-0.2, 0) is 4.79 Å². The number of benzene rings is 2. The Labute approximate surface area is 173 Å². The molecule has 0 fully saturated rings. The Morgan fingerprint density at radius 1 is 1.14 bits per heavy atom. The number of nitriles is 2. The number of halogens is 1. The van der Waals surface area contributed by atoms with E-state index in [9.17, 15) is 14.7 Å². The van der Waals surface area contributed by atoms with Gasteiger partial charge in [0.05, 0.1) is 17.3 Å². The fourth-order valence-corrected chi connectivity index (χ4v) is 3.01. The van der Waals surface area contributed by atoms with E-state index in [0.29, 0.717) is 21.0 Å². The average molecular weight is 450 g/mol. The van der Waals surface area contributed by atoms with Crippen molar-refractivity contribution in [3.63, 3.8) is 0 Å². The molecule has 3 rings (SSSR count). The molecule has 0 radical (unpaired) electrons. The van der Waals surface area contributed by atoms with Crippen molar-refractivity contribution < 1.29 is 19.1 Å². The summed E-state index contributed by atoms with van der Waals surface area (Å²) in [7, 11) is 0. The Bertz CT molecular complexity index is 1250. The van der Waals surface area contributed by atoms with E-state index in [1.165, 1.54) is 31.2 Å². The number of aliphatic hydroxyl groups excluding tert-OH is 1. The molecule has 0 aliphatic carbocycles. The van der Waals surface area contributed by atoms with Crippen LogP contribution in [0.15, 0.2) is 62.7 Å². The number of carbonyl (C=O) groups excluding carboxylic acids is 2. The highest BCUT2D eigenvalue weighted by molar-refractivity contribution is 9.10. The van der Waals surface area contributed by atoms with E-state index in [0.717, 1.165) is 0 Å². The van der Waals surface area contributed by atoms with E-state index in [2.05, 4.69) is 21.2 Å². The number of hydrogen-bond donors (Lipinski definition) is 2. The van der Waals surface area contributed by atoms with E-state index >= 15 is 0 Å². The topological polar surface area (TPSA) is 127 Å². The smallest absolute Gasteiger partial charge is 0.269 e. The number of furan rings is 1. The van der Waals surface area contributed by atoms with Crippen molar-refractivity contribution in [3.05, 3.63) is 75.2 Å². The van der Waals surface area contributed by atoms with Crippen molar-refractivity contribution in [2.75, 3.05) is 5.32 Å². The molecule has 1 amide bonds. The lowest BCUT2D eigenvalue weighted by atomic mass is 10.1. The predicted molar refractivity (Wildman–Crippen MR) is 108 cm³/mol. The molecule has 0 saturated carbocycles. The summed E-state index contributed by atoms with van der Waals surface area (Å²) in [4.78, 5) is 25.5. The minimum absolute atomic E-state index is 0.0784. The second kappa shape index (κ2) is 8.01. The Morgan fingerprint density at radius 3 is 2.41 bits per heavy atom. The second-order valence-electron chi connectivity index (χ2n) is 5.99. The maximum Gasteiger partial charge on any atom is 0.269 e. The zero-order valence-electron chi connectivity index (χ0n) is 15.0. The minimum Gasteiger partial charge on any atom is -0.511 e. The number of amides is 1. The van der Waals surface area contributed by atoms with Gasteiger partial charge in [0, 0.05) is 15.4 Å². The first-order chi connectivity index (χ1) is 13.8. The van der Waals surface area contributed by atoms with Crippen molar-refractivity contribution in [1.29, 1.82) is 10.5 Å². The average Bonchev–Trinajstić information content (AvgIpc) is 3.05. The number of nitrogens with zero attached hydrogens (tertiary/aromatic N) is 2. The third kappa shape index (κ3) is 3.88. The van der Waals surface area contributed by atoms with E-state index < -0.39 is 23.0 Å². The van der Waals surface area contributed by atoms with Gasteiger partial charge in [-0.3, -0.25) is 9.59 Å². The van der Waals surface area contributed by atoms with Crippen molar-refractivity contribution >= 4 is 44.3 Å². The summed E-state index contributed by atoms with van der Waals surface area (Å²) in [6.07, 6.45) is 0. The summed E-state index contributed by atoms with van der Waals surface area (Å²) < 4.78 is 6.38. The molecular weight excluding hydrogens is 438 g/mol. The van der Waals surface area contributed by atoms with Crippen LogP contribution in [0.2, 0.25) is 0 Å². The standard InChI is InChI=1S/C21H12BrN3O4/c1-11(26)16(10-24)21(28)25-18-15-8-14(22)6-7-17(15)29-20(18)19(27)13-4-2-12(9-23)3-5-13/h2-8,26H,1H3,(H,25,28)/b16-11+. The quantitative estimate of drug-likeness (QED) is 0.259. The van der Waals surface area contributed by atoms with Crippen LogP contribution < -0.4 is 5.32 Å². The number of rotatable bonds is 4. The number of aliphatic hydroxyl groups is 1. The Balaban J connectivity index is 2.14. The van der Waals surface area contributed by atoms with Crippen molar-refractivity contribution in [3.8, 4) is 12.1 Å². The van der Waals surface area contributed by atoms with Crippen LogP contribution in [0, 0.1) is 22.7 Å². The first-order valence-electron chi connectivity index (χ1n) is 8.24. The Kier molecular flexibility index (Phi) is 5.49. The molecule has 0 atom stereocenters. The largest absolute Gasteiger partial charge is 0.511 e. The number of ketones is 1. The molecule has 3 aromatic rings. The number of anilines is 1. The molecule has 8 heteroatoms. The molecular formula is C21H12BrN3O4. The Morgan fingerprint density at radius 2 is 1.83 bits per heavy atom. The number of hydrogen-bond acceptors (Lipinski definition) is 6. The van der Waals surface area contributed by atoms with E-state index in [4.69, 9.17) is 14.9 Å². The van der Waals surface area contributed by atoms with Crippen molar-refractivity contribution in [2.24, 2.45) is 0 Å². The second-order valence-corrected chi connectivity index (χ2v) is 6.91. The van der Waals surface area contributed by atoms with Gasteiger partial charge in [0.2, 0.25) is 5.78 Å². The molecule has 2 N–H and O–H groups in total. The summed E-state index contributed by atoms with van der Waals surface area (Å²) in [6, 6.07) is 14.6. The number of carbonyl (C=O) groups is 2. The molecule has 0 spiro atoms. The van der Waals surface area contributed by atoms with Gasteiger partial charge in [0.25, 0.3) is 5.91 Å². The highest BCUT2D eigenvalue weighted by atomic mass is 79.9. The van der Waals surface area contributed by atoms with Crippen LogP contribution >= 0.6 is 15.9 Å². The van der Waals surface area contributed by atoms with E-state index in [1.54, 1.807) is 24.3 Å². The van der Waals surface area contributed by atoms with Crippen LogP contribution in [0.3, 0.4) is 0 Å². The number of allylic oxidation sites excluding steroid dienone is 1. The highest BCUT2D eigenvalue weighted by Crippen LogP contribution is 2.34. The molecule has 1 aromatic heterocycles. The lowest BCUT2D eigenvalue weighted by Gasteiger charge is -2.06. The van der Waals surface area contributed by atoms with Crippen LogP contribution in [-0.4, -0.2) is 16.8 Å². The first-order valence-corrected chi connectivity index (χ1v) is 9.03. The van der Waals surface area contributed by atoms with Crippen LogP contribution in [0.25, 0.3) is 11.0 Å². The van der Waals surface area contributed by atoms with Gasteiger partial charge in [-0.25, -0.2) is 0 Å². The van der Waals surface area contributed by atoms with Crippen molar-refractivity contribution in [1.82, 2.24) is 0 Å². The monoisotopic (exact) mass is 449 g/mol. The molecule has 2 aromatic carbocycles. The SMILES string of the molecule is C/C(O)=C(/C#N)C(=O)Nc1c(C(=O)c2ccc(C#N)cc2)oc2ccc(Br)cc12. The lowest BCUT2D eigenvalue weighted by Crippen LogP contribution is -2.16. The maximum absolute atomic E-state index is 13.0. The van der Waals surface area contributed by atoms with Gasteiger partial charge in [-0.15, -0.1) is 0 Å². The maximum atomic E-state index is 13.0. The summed E-state index contributed by atoms with van der Waals surface area (Å²) in [5, 5.41) is 30.5. The van der Waals surface area contributed by atoms with Gasteiger partial charge in [0.15, 0.2) is 11.3 Å². The molecule has 0 bridgehead atoms. The molecule has 0 aliphatic rings. The molecule has 142 valence electrons. The molecule has 0 unspecified atom stereocenters. The van der Waals surface area contributed by atoms with Gasteiger partial charge in [-0.1, -0.05) is 15.9 Å². The zero-order valence-corrected chi connectivity index (χ0v) is 16.6.